The number of aromatic nitrogens is 6. The molecule has 0 saturated carbocycles. The number of ether oxygens (including phenoxy) is 2. The molecule has 9 aliphatic rings. The van der Waals surface area contributed by atoms with Crippen molar-refractivity contribution in [1.82, 2.24) is 29.9 Å². The first-order chi connectivity index (χ1) is 60.5. The van der Waals surface area contributed by atoms with Crippen LogP contribution in [0, 0.1) is 0 Å². The van der Waals surface area contributed by atoms with Crippen molar-refractivity contribution in [3.8, 4) is 89.1 Å². The highest BCUT2D eigenvalue weighted by molar-refractivity contribution is 9.11. The Balaban J connectivity index is 0.0000000946. The monoisotopic (exact) mass is 1960 g/mol. The van der Waals surface area contributed by atoms with Crippen molar-refractivity contribution >= 4 is 279 Å². The maximum Gasteiger partial charge on any atom is 0.228 e. The lowest BCUT2D eigenvalue weighted by atomic mass is 10.1. The van der Waals surface area contributed by atoms with E-state index in [0.717, 1.165) is 178 Å². The van der Waals surface area contributed by atoms with E-state index in [9.17, 15) is 0 Å². The second-order valence-electron chi connectivity index (χ2n) is 29.9. The molecule has 30 rings (SSSR count). The van der Waals surface area contributed by atoms with Crippen LogP contribution in [0.25, 0.3) is 130 Å². The molecule has 0 aliphatic carbocycles. The highest BCUT2D eigenvalue weighted by Gasteiger charge is 2.47. The van der Waals surface area contributed by atoms with Crippen LogP contribution < -0.4 is 24.2 Å². The molecule has 0 N–H and O–H groups in total. The number of hydrogen-bond donors (Lipinski definition) is 0. The van der Waals surface area contributed by atoms with Crippen molar-refractivity contribution in [3.63, 3.8) is 0 Å². The maximum absolute atomic E-state index is 6.66. The third kappa shape index (κ3) is 11.0. The van der Waals surface area contributed by atoms with Gasteiger partial charge in [-0.2, -0.15) is 0 Å². The Bertz CT molecular complexity index is 7740. The summed E-state index contributed by atoms with van der Waals surface area (Å²) in [5, 5.41) is 3.04. The smallest absolute Gasteiger partial charge is 0.228 e. The van der Waals surface area contributed by atoms with Gasteiger partial charge in [-0.15, -0.1) is 34.0 Å². The quantitative estimate of drug-likeness (QED) is 0.155. The lowest BCUT2D eigenvalue weighted by molar-refractivity contribution is 0.472. The summed E-state index contributed by atoms with van der Waals surface area (Å²) in [7, 11) is 0. The van der Waals surface area contributed by atoms with E-state index in [-0.39, 0.29) is 0 Å². The molecule has 15 aromatic carbocycles. The van der Waals surface area contributed by atoms with Crippen LogP contribution in [0.3, 0.4) is 0 Å². The van der Waals surface area contributed by atoms with Gasteiger partial charge in [0.2, 0.25) is 17.7 Å². The maximum atomic E-state index is 6.66. The summed E-state index contributed by atoms with van der Waals surface area (Å²) in [6.07, 6.45) is 0. The topological polar surface area (TPSA) is 145 Å². The predicted molar refractivity (Wildman–Crippen MR) is 510 cm³/mol. The zero-order valence-corrected chi connectivity index (χ0v) is 75.5. The van der Waals surface area contributed by atoms with Gasteiger partial charge in [0.1, 0.15) is 54.3 Å². The van der Waals surface area contributed by atoms with E-state index in [1.807, 2.05) is 138 Å². The summed E-state index contributed by atoms with van der Waals surface area (Å²) >= 11 is 29.0. The van der Waals surface area contributed by atoms with Gasteiger partial charge in [-0.1, -0.05) is 203 Å². The fourth-order valence-corrected chi connectivity index (χ4v) is 31.6. The van der Waals surface area contributed by atoms with E-state index in [2.05, 4.69) is 226 Å². The lowest BCUT2D eigenvalue weighted by Gasteiger charge is -2.43. The van der Waals surface area contributed by atoms with Crippen LogP contribution in [0.2, 0.25) is 0 Å². The van der Waals surface area contributed by atoms with Gasteiger partial charge in [-0.05, 0) is 182 Å². The third-order valence-electron chi connectivity index (χ3n) is 22.6. The molecule has 0 spiro atoms. The van der Waals surface area contributed by atoms with Crippen LogP contribution in [0.15, 0.2) is 350 Å². The molecule has 27 heteroatoms. The summed E-state index contributed by atoms with van der Waals surface area (Å²) < 4.78 is 38.7. The molecule has 9 aliphatic heterocycles. The van der Waals surface area contributed by atoms with Crippen LogP contribution in [0.4, 0.5) is 51.2 Å². The summed E-state index contributed by atoms with van der Waals surface area (Å²) in [6.45, 7) is 0. The molecule has 14 nitrogen and oxygen atoms in total. The molecule has 582 valence electrons. The number of benzene rings is 15. The highest BCUT2D eigenvalue weighted by Crippen LogP contribution is 2.73. The zero-order valence-electron chi connectivity index (χ0n) is 62.5. The number of anilines is 9. The molecule has 0 fully saturated rings. The third-order valence-corrected chi connectivity index (χ3v) is 35.0. The molecule has 0 atom stereocenters. The standard InChI is InChI=1S/2C32H14BrN3O2S3.C32H14BrN3OS4/c33-17-13-26-30-27(14-17)41-25-12-16(32-35-19-6-2-4-8-21(19)38-32)10-23-29(25)36(30)28-22(39-23)9-15(11-24(28)40-26)31-34-18-5-1-3-7-20(18)37-31;33-15-13-22-26-25(14-15)39-24-12-10-16(31-34-18-5-1-3-7-20(18)38-31)29-28(24)36(26)27-21(37-22)11-9-17(30(27)41-29)32-35-19-6-2-4-8-23(19)40-32;33-15-13-24-28-25(14-15)39-30-17(32-35-19-6-2-4-8-23(19)41-32)10-12-21-27(30)36(28)26-20(37-21)11-9-16(29(26)38-24)31-34-18-5-1-3-7-22(18)40-31/h3*1-14H. The molecular formula is C96H42Br3N9O5S10. The number of oxazole rings is 3. The summed E-state index contributed by atoms with van der Waals surface area (Å²) in [5.41, 5.74) is 24.7. The van der Waals surface area contributed by atoms with Gasteiger partial charge in [0.15, 0.2) is 39.7 Å². The van der Waals surface area contributed by atoms with Crippen LogP contribution in [0.1, 0.15) is 0 Å². The minimum atomic E-state index is 0.623. The van der Waals surface area contributed by atoms with Gasteiger partial charge in [0, 0.05) is 90.2 Å². The molecule has 0 amide bonds. The Morgan fingerprint density at radius 1 is 0.236 bits per heavy atom. The largest absolute Gasteiger partial charge is 0.453 e. The average molecular weight is 1960 g/mol. The zero-order chi connectivity index (χ0) is 80.5. The minimum absolute atomic E-state index is 0.623. The lowest BCUT2D eigenvalue weighted by Crippen LogP contribution is -2.23. The minimum Gasteiger partial charge on any atom is -0.453 e. The Hall–Kier alpha value is -10.7. The summed E-state index contributed by atoms with van der Waals surface area (Å²) in [4.78, 5) is 53.5. The van der Waals surface area contributed by atoms with Crippen molar-refractivity contribution < 1.29 is 22.7 Å². The van der Waals surface area contributed by atoms with Crippen LogP contribution >= 0.6 is 164 Å². The number of hydrogen-bond acceptors (Lipinski definition) is 24. The fraction of sp³-hybridized carbons (Fsp3) is 0. The summed E-state index contributed by atoms with van der Waals surface area (Å²) in [6, 6.07) is 87.9. The van der Waals surface area contributed by atoms with Gasteiger partial charge in [0.25, 0.3) is 0 Å². The van der Waals surface area contributed by atoms with E-state index in [4.69, 9.17) is 52.6 Å². The van der Waals surface area contributed by atoms with E-state index >= 15 is 0 Å². The molecule has 0 radical (unpaired) electrons. The Morgan fingerprint density at radius 3 is 0.984 bits per heavy atom. The predicted octanol–water partition coefficient (Wildman–Crippen LogP) is 33.5. The van der Waals surface area contributed by atoms with Crippen molar-refractivity contribution in [2.45, 2.75) is 68.5 Å². The van der Waals surface area contributed by atoms with Crippen molar-refractivity contribution in [1.29, 1.82) is 0 Å². The molecule has 21 aromatic rings. The first-order valence-electron chi connectivity index (χ1n) is 38.8. The molecule has 0 saturated heterocycles. The first kappa shape index (κ1) is 71.7. The number of rotatable bonds is 6. The number of thiazole rings is 3. The van der Waals surface area contributed by atoms with Crippen LogP contribution in [0.5, 0.6) is 23.0 Å². The molecule has 123 heavy (non-hydrogen) atoms. The van der Waals surface area contributed by atoms with E-state index in [0.29, 0.717) is 17.7 Å². The Morgan fingerprint density at radius 2 is 0.553 bits per heavy atom. The van der Waals surface area contributed by atoms with Gasteiger partial charge in [0.05, 0.1) is 84.2 Å². The second-order valence-corrected chi connectivity index (χ2v) is 43.2. The van der Waals surface area contributed by atoms with Crippen LogP contribution in [-0.2, 0) is 0 Å². The van der Waals surface area contributed by atoms with Crippen molar-refractivity contribution in [2.24, 2.45) is 0 Å². The van der Waals surface area contributed by atoms with E-state index < -0.39 is 0 Å². The first-order valence-corrected chi connectivity index (χ1v) is 49.3. The fourth-order valence-electron chi connectivity index (χ4n) is 17.4. The molecule has 0 unspecified atom stereocenters. The highest BCUT2D eigenvalue weighted by atomic mass is 79.9. The van der Waals surface area contributed by atoms with Crippen molar-refractivity contribution in [2.75, 3.05) is 14.7 Å². The Labute approximate surface area is 764 Å². The van der Waals surface area contributed by atoms with Gasteiger partial charge in [-0.3, -0.25) is 9.80 Å². The second kappa shape index (κ2) is 27.1. The Kier molecular flexibility index (Phi) is 15.8. The van der Waals surface area contributed by atoms with Crippen LogP contribution in [-0.4, -0.2) is 29.9 Å². The van der Waals surface area contributed by atoms with E-state index in [1.165, 1.54) is 90.7 Å². The number of para-hydroxylation sites is 9. The van der Waals surface area contributed by atoms with Crippen molar-refractivity contribution in [3.05, 3.63) is 268 Å². The SMILES string of the molecule is Brc1cc2c3c(c1)Sc1c(-c4nc5ccccc5s4)ccc4c1N3c1c(ccc(-c3nc5ccccc5s3)c1S2)O4.Brc1cc2c3c(c1)Sc1cc(-c4nc5ccccc5o4)cc4c1N3c1c(cc(-c3nc5ccccc5o3)cc1S4)S2.Brc1cc2c3c(c1)Sc1ccc(-c4nc5ccccc5o4)c4c1N3c1c(ccc(-c3nc5ccccc5s3)c1S4)O2. The molecule has 6 aromatic heterocycles. The number of nitrogens with zero attached hydrogens (tertiary/aromatic N) is 9. The number of halogens is 3. The average Bonchev–Trinajstić information content (AvgIpc) is 1.22. The van der Waals surface area contributed by atoms with Gasteiger partial charge in [-0.25, -0.2) is 29.9 Å². The number of fused-ring (bicyclic) bond motifs is 6. The molecular weight excluding hydrogens is 1920 g/mol. The summed E-state index contributed by atoms with van der Waals surface area (Å²) in [5.74, 6) is 5.30. The molecule has 0 bridgehead atoms. The van der Waals surface area contributed by atoms with E-state index in [1.54, 1.807) is 69.3 Å². The molecule has 15 heterocycles. The normalized spacial score (nSPS) is 14.0. The van der Waals surface area contributed by atoms with Gasteiger partial charge < -0.3 is 27.6 Å². The van der Waals surface area contributed by atoms with Gasteiger partial charge >= 0.3 is 0 Å².